The van der Waals surface area contributed by atoms with Crippen LogP contribution in [0.15, 0.2) is 36.4 Å². The smallest absolute Gasteiger partial charge is 0.353 e. The Morgan fingerprint density at radius 3 is 2.30 bits per heavy atom. The minimum atomic E-state index is -4.42. The quantitative estimate of drug-likeness (QED) is 0.599. The van der Waals surface area contributed by atoms with Gasteiger partial charge in [0.15, 0.2) is 5.82 Å². The van der Waals surface area contributed by atoms with Crippen LogP contribution in [0.5, 0.6) is 0 Å². The number of piperazine rings is 1. The molecule has 0 unspecified atom stereocenters. The number of carbonyl (C=O) groups is 1. The minimum Gasteiger partial charge on any atom is -0.353 e. The van der Waals surface area contributed by atoms with Gasteiger partial charge in [-0.05, 0) is 38.5 Å². The number of carbonyl (C=O) groups excluding carboxylic acids is 1. The van der Waals surface area contributed by atoms with E-state index in [4.69, 9.17) is 0 Å². The lowest BCUT2D eigenvalue weighted by molar-refractivity contribution is -0.138. The summed E-state index contributed by atoms with van der Waals surface area (Å²) in [5.74, 6) is 1.88. The van der Waals surface area contributed by atoms with E-state index in [-0.39, 0.29) is 12.3 Å². The third-order valence-corrected chi connectivity index (χ3v) is 5.60. The number of halogens is 3. The van der Waals surface area contributed by atoms with E-state index in [1.807, 2.05) is 32.9 Å². The van der Waals surface area contributed by atoms with Gasteiger partial charge in [0.1, 0.15) is 11.6 Å². The summed E-state index contributed by atoms with van der Waals surface area (Å²) in [7, 11) is 0. The van der Waals surface area contributed by atoms with Crippen LogP contribution in [0.3, 0.4) is 0 Å². The summed E-state index contributed by atoms with van der Waals surface area (Å²) in [5, 5.41) is 4.49. The van der Waals surface area contributed by atoms with Crippen LogP contribution in [0.2, 0.25) is 0 Å². The lowest BCUT2D eigenvalue weighted by Crippen LogP contribution is -2.49. The van der Waals surface area contributed by atoms with Crippen LogP contribution >= 0.6 is 0 Å². The molecule has 0 bridgehead atoms. The molecule has 1 aliphatic heterocycles. The molecule has 0 atom stereocenters. The molecule has 1 fully saturated rings. The second kappa shape index (κ2) is 8.84. The molecule has 33 heavy (non-hydrogen) atoms. The van der Waals surface area contributed by atoms with Crippen LogP contribution in [0.4, 0.5) is 19.0 Å². The first kappa shape index (κ1) is 22.8. The van der Waals surface area contributed by atoms with Crippen LogP contribution in [0.25, 0.3) is 5.82 Å². The van der Waals surface area contributed by atoms with Gasteiger partial charge < -0.3 is 9.80 Å². The molecule has 3 heterocycles. The Morgan fingerprint density at radius 2 is 1.67 bits per heavy atom. The van der Waals surface area contributed by atoms with Gasteiger partial charge in [0.05, 0.1) is 17.7 Å². The molecular formula is C23H25F3N6O. The Kier molecular flexibility index (Phi) is 6.09. The van der Waals surface area contributed by atoms with Crippen LogP contribution in [0, 0.1) is 20.8 Å². The van der Waals surface area contributed by atoms with E-state index >= 15 is 0 Å². The highest BCUT2D eigenvalue weighted by molar-refractivity contribution is 5.79. The summed E-state index contributed by atoms with van der Waals surface area (Å²) in [4.78, 5) is 25.5. The molecule has 4 rings (SSSR count). The predicted octanol–water partition coefficient (Wildman–Crippen LogP) is 3.50. The van der Waals surface area contributed by atoms with Gasteiger partial charge in [0.25, 0.3) is 0 Å². The van der Waals surface area contributed by atoms with Crippen molar-refractivity contribution < 1.29 is 18.0 Å². The van der Waals surface area contributed by atoms with Gasteiger partial charge in [0.2, 0.25) is 5.91 Å². The Labute approximate surface area is 189 Å². The monoisotopic (exact) mass is 458 g/mol. The molecule has 174 valence electrons. The first-order chi connectivity index (χ1) is 15.6. The van der Waals surface area contributed by atoms with Gasteiger partial charge in [-0.25, -0.2) is 14.6 Å². The number of benzene rings is 1. The van der Waals surface area contributed by atoms with Crippen LogP contribution in [-0.2, 0) is 17.4 Å². The molecule has 2 aromatic heterocycles. The lowest BCUT2D eigenvalue weighted by atomic mass is 10.1. The van der Waals surface area contributed by atoms with E-state index < -0.39 is 11.7 Å². The van der Waals surface area contributed by atoms with E-state index in [1.165, 1.54) is 6.07 Å². The van der Waals surface area contributed by atoms with E-state index in [9.17, 15) is 18.0 Å². The zero-order chi connectivity index (χ0) is 23.8. The molecule has 0 saturated carbocycles. The molecule has 0 aliphatic carbocycles. The number of amides is 1. The molecule has 1 aromatic carbocycles. The van der Waals surface area contributed by atoms with Crippen molar-refractivity contribution in [3.8, 4) is 5.82 Å². The first-order valence-electron chi connectivity index (χ1n) is 10.7. The van der Waals surface area contributed by atoms with Crippen LogP contribution in [-0.4, -0.2) is 56.7 Å². The van der Waals surface area contributed by atoms with Gasteiger partial charge in [0, 0.05) is 37.9 Å². The predicted molar refractivity (Wildman–Crippen MR) is 117 cm³/mol. The molecule has 1 aliphatic rings. The fraction of sp³-hybridized carbons (Fsp3) is 0.391. The van der Waals surface area contributed by atoms with E-state index in [0.29, 0.717) is 43.4 Å². The minimum absolute atomic E-state index is 0.0569. The topological polar surface area (TPSA) is 67.2 Å². The van der Waals surface area contributed by atoms with E-state index in [2.05, 4.69) is 20.0 Å². The number of aromatic nitrogens is 4. The van der Waals surface area contributed by atoms with Crippen molar-refractivity contribution in [1.29, 1.82) is 0 Å². The van der Waals surface area contributed by atoms with Gasteiger partial charge >= 0.3 is 6.18 Å². The largest absolute Gasteiger partial charge is 0.416 e. The van der Waals surface area contributed by atoms with Gasteiger partial charge in [-0.3, -0.25) is 4.79 Å². The second-order valence-corrected chi connectivity index (χ2v) is 8.21. The summed E-state index contributed by atoms with van der Waals surface area (Å²) in [6.45, 7) is 7.79. The maximum Gasteiger partial charge on any atom is 0.416 e. The zero-order valence-corrected chi connectivity index (χ0v) is 18.7. The maximum absolute atomic E-state index is 12.9. The van der Waals surface area contributed by atoms with Crippen molar-refractivity contribution in [2.75, 3.05) is 31.1 Å². The van der Waals surface area contributed by atoms with Crippen LogP contribution in [0.1, 0.15) is 28.3 Å². The molecule has 0 radical (unpaired) electrons. The SMILES string of the molecule is Cc1cc(C)n(-c2cc(N3CCN(C(=O)Cc4cccc(C(F)(F)F)c4)CC3)nc(C)n2)n1. The van der Waals surface area contributed by atoms with E-state index in [0.717, 1.165) is 29.3 Å². The van der Waals surface area contributed by atoms with Crippen molar-refractivity contribution in [2.24, 2.45) is 0 Å². The number of hydrogen-bond acceptors (Lipinski definition) is 5. The van der Waals surface area contributed by atoms with Crippen molar-refractivity contribution in [2.45, 2.75) is 33.4 Å². The summed E-state index contributed by atoms with van der Waals surface area (Å²) < 4.78 is 40.6. The fourth-order valence-electron chi connectivity index (χ4n) is 4.00. The first-order valence-corrected chi connectivity index (χ1v) is 10.7. The normalized spacial score (nSPS) is 14.6. The van der Waals surface area contributed by atoms with Crippen LogP contribution < -0.4 is 4.90 Å². The van der Waals surface area contributed by atoms with Crippen molar-refractivity contribution in [1.82, 2.24) is 24.6 Å². The Morgan fingerprint density at radius 1 is 0.970 bits per heavy atom. The molecule has 3 aromatic rings. The van der Waals surface area contributed by atoms with E-state index in [1.54, 1.807) is 15.6 Å². The Balaban J connectivity index is 1.42. The van der Waals surface area contributed by atoms with Crippen molar-refractivity contribution >= 4 is 11.7 Å². The Hall–Kier alpha value is -3.43. The number of alkyl halides is 3. The molecule has 7 nitrogen and oxygen atoms in total. The number of nitrogens with zero attached hydrogens (tertiary/aromatic N) is 6. The third-order valence-electron chi connectivity index (χ3n) is 5.60. The summed E-state index contributed by atoms with van der Waals surface area (Å²) in [5.41, 5.74) is 1.49. The number of rotatable bonds is 4. The highest BCUT2D eigenvalue weighted by Crippen LogP contribution is 2.29. The van der Waals surface area contributed by atoms with Crippen molar-refractivity contribution in [3.05, 3.63) is 64.7 Å². The molecule has 1 saturated heterocycles. The summed E-state index contributed by atoms with van der Waals surface area (Å²) >= 11 is 0. The number of aryl methyl sites for hydroxylation is 3. The van der Waals surface area contributed by atoms with Crippen molar-refractivity contribution in [3.63, 3.8) is 0 Å². The molecule has 10 heteroatoms. The fourth-order valence-corrected chi connectivity index (χ4v) is 4.00. The number of anilines is 1. The molecular weight excluding hydrogens is 433 g/mol. The molecule has 0 spiro atoms. The average molecular weight is 458 g/mol. The third kappa shape index (κ3) is 5.15. The summed E-state index contributed by atoms with van der Waals surface area (Å²) in [6, 6.07) is 8.79. The standard InChI is InChI=1S/C23H25F3N6O/c1-15-11-16(2)32(29-15)21-14-20(27-17(3)28-21)30-7-9-31(10-8-30)22(33)13-18-5-4-6-19(12-18)23(24,25)26/h4-6,11-12,14H,7-10,13H2,1-3H3. The highest BCUT2D eigenvalue weighted by Gasteiger charge is 2.31. The zero-order valence-electron chi connectivity index (χ0n) is 18.7. The second-order valence-electron chi connectivity index (χ2n) is 8.21. The molecule has 0 N–H and O–H groups in total. The average Bonchev–Trinajstić information content (AvgIpc) is 3.11. The lowest BCUT2D eigenvalue weighted by Gasteiger charge is -2.35. The highest BCUT2D eigenvalue weighted by atomic mass is 19.4. The number of hydrogen-bond donors (Lipinski definition) is 0. The summed E-state index contributed by atoms with van der Waals surface area (Å²) in [6.07, 6.45) is -4.48. The maximum atomic E-state index is 12.9. The molecule has 1 amide bonds. The van der Waals surface area contributed by atoms with Gasteiger partial charge in [-0.15, -0.1) is 0 Å². The van der Waals surface area contributed by atoms with Gasteiger partial charge in [-0.1, -0.05) is 18.2 Å². The Bertz CT molecular complexity index is 1170. The van der Waals surface area contributed by atoms with Gasteiger partial charge in [-0.2, -0.15) is 18.3 Å².